The summed E-state index contributed by atoms with van der Waals surface area (Å²) in [7, 11) is 0. The molecule has 1 unspecified atom stereocenters. The molecule has 1 atom stereocenters. The standard InChI is InChI=1S/C12H22O2/c13-12(11-6-7-11)9-14-8-10-4-2-1-3-5-10/h10-13H,1-9H2. The molecule has 2 saturated carbocycles. The van der Waals surface area contributed by atoms with Gasteiger partial charge in [0.15, 0.2) is 0 Å². The van der Waals surface area contributed by atoms with Crippen LogP contribution >= 0.6 is 0 Å². The van der Waals surface area contributed by atoms with Crippen LogP contribution in [0.2, 0.25) is 0 Å². The van der Waals surface area contributed by atoms with Crippen LogP contribution in [0, 0.1) is 11.8 Å². The Balaban J connectivity index is 1.52. The lowest BCUT2D eigenvalue weighted by molar-refractivity contribution is 0.00646. The molecule has 0 aliphatic heterocycles. The van der Waals surface area contributed by atoms with Crippen molar-refractivity contribution in [3.05, 3.63) is 0 Å². The second kappa shape index (κ2) is 5.13. The lowest BCUT2D eigenvalue weighted by Crippen LogP contribution is -2.21. The molecule has 14 heavy (non-hydrogen) atoms. The van der Waals surface area contributed by atoms with Gasteiger partial charge in [-0.25, -0.2) is 0 Å². The van der Waals surface area contributed by atoms with E-state index in [1.807, 2.05) is 0 Å². The smallest absolute Gasteiger partial charge is 0.0801 e. The molecular weight excluding hydrogens is 176 g/mol. The Bertz CT molecular complexity index is 160. The first kappa shape index (κ1) is 10.4. The van der Waals surface area contributed by atoms with Crippen LogP contribution in [0.3, 0.4) is 0 Å². The molecule has 2 aliphatic rings. The Hall–Kier alpha value is -0.0800. The predicted molar refractivity (Wildman–Crippen MR) is 56.1 cm³/mol. The molecule has 2 nitrogen and oxygen atoms in total. The highest BCUT2D eigenvalue weighted by molar-refractivity contribution is 4.80. The summed E-state index contributed by atoms with van der Waals surface area (Å²) in [6.07, 6.45) is 9.04. The first-order valence-electron chi connectivity index (χ1n) is 6.12. The summed E-state index contributed by atoms with van der Waals surface area (Å²) in [6, 6.07) is 0. The molecule has 0 aromatic carbocycles. The molecule has 0 heterocycles. The van der Waals surface area contributed by atoms with E-state index >= 15 is 0 Å². The van der Waals surface area contributed by atoms with Gasteiger partial charge in [0.1, 0.15) is 0 Å². The summed E-state index contributed by atoms with van der Waals surface area (Å²) in [6.45, 7) is 1.45. The maximum Gasteiger partial charge on any atom is 0.0801 e. The fourth-order valence-electron chi connectivity index (χ4n) is 2.33. The minimum absolute atomic E-state index is 0.182. The average molecular weight is 198 g/mol. The molecule has 0 bridgehead atoms. The van der Waals surface area contributed by atoms with Gasteiger partial charge in [-0.3, -0.25) is 0 Å². The van der Waals surface area contributed by atoms with Gasteiger partial charge in [-0.15, -0.1) is 0 Å². The SMILES string of the molecule is OC(COCC1CCCCC1)C1CC1. The van der Waals surface area contributed by atoms with Gasteiger partial charge < -0.3 is 9.84 Å². The number of aliphatic hydroxyl groups excluding tert-OH is 1. The topological polar surface area (TPSA) is 29.5 Å². The average Bonchev–Trinajstić information content (AvgIpc) is 3.02. The minimum atomic E-state index is -0.182. The second-order valence-electron chi connectivity index (χ2n) is 4.95. The Labute approximate surface area is 86.6 Å². The number of hydrogen-bond donors (Lipinski definition) is 1. The van der Waals surface area contributed by atoms with E-state index in [2.05, 4.69) is 0 Å². The van der Waals surface area contributed by atoms with Crippen molar-refractivity contribution in [2.75, 3.05) is 13.2 Å². The molecule has 0 aromatic heterocycles. The highest BCUT2D eigenvalue weighted by Gasteiger charge is 2.29. The first-order valence-corrected chi connectivity index (χ1v) is 6.12. The Morgan fingerprint density at radius 1 is 1.07 bits per heavy atom. The molecule has 2 rings (SSSR count). The quantitative estimate of drug-likeness (QED) is 0.735. The van der Waals surface area contributed by atoms with E-state index in [1.54, 1.807) is 0 Å². The number of rotatable bonds is 5. The minimum Gasteiger partial charge on any atom is -0.390 e. The van der Waals surface area contributed by atoms with E-state index in [4.69, 9.17) is 4.74 Å². The van der Waals surface area contributed by atoms with Crippen molar-refractivity contribution in [2.24, 2.45) is 11.8 Å². The maximum absolute atomic E-state index is 9.59. The number of ether oxygens (including phenoxy) is 1. The normalized spacial score (nSPS) is 26.4. The molecule has 2 aliphatic carbocycles. The van der Waals surface area contributed by atoms with Gasteiger partial charge >= 0.3 is 0 Å². The largest absolute Gasteiger partial charge is 0.390 e. The van der Waals surface area contributed by atoms with Crippen molar-refractivity contribution < 1.29 is 9.84 Å². The molecule has 0 aromatic rings. The van der Waals surface area contributed by atoms with Gasteiger partial charge in [-0.1, -0.05) is 19.3 Å². The summed E-state index contributed by atoms with van der Waals surface area (Å²) in [4.78, 5) is 0. The first-order chi connectivity index (χ1) is 6.86. The molecule has 0 amide bonds. The van der Waals surface area contributed by atoms with E-state index in [-0.39, 0.29) is 6.10 Å². The molecular formula is C12H22O2. The monoisotopic (exact) mass is 198 g/mol. The zero-order valence-electron chi connectivity index (χ0n) is 8.95. The molecule has 2 fully saturated rings. The fraction of sp³-hybridized carbons (Fsp3) is 1.00. The molecule has 2 heteroatoms. The lowest BCUT2D eigenvalue weighted by atomic mass is 9.90. The number of hydrogen-bond acceptors (Lipinski definition) is 2. The summed E-state index contributed by atoms with van der Waals surface area (Å²) in [5.74, 6) is 1.33. The van der Waals surface area contributed by atoms with Crippen LogP contribution in [0.4, 0.5) is 0 Å². The summed E-state index contributed by atoms with van der Waals surface area (Å²) < 4.78 is 5.59. The zero-order chi connectivity index (χ0) is 9.80. The third kappa shape index (κ3) is 3.25. The Morgan fingerprint density at radius 2 is 1.79 bits per heavy atom. The maximum atomic E-state index is 9.59. The fourth-order valence-corrected chi connectivity index (χ4v) is 2.33. The van der Waals surface area contributed by atoms with Crippen molar-refractivity contribution in [2.45, 2.75) is 51.0 Å². The van der Waals surface area contributed by atoms with Crippen LogP contribution < -0.4 is 0 Å². The van der Waals surface area contributed by atoms with E-state index < -0.39 is 0 Å². The molecule has 0 saturated heterocycles. The van der Waals surface area contributed by atoms with Gasteiger partial charge in [0.05, 0.1) is 12.7 Å². The highest BCUT2D eigenvalue weighted by atomic mass is 16.5. The van der Waals surface area contributed by atoms with Crippen LogP contribution in [0.1, 0.15) is 44.9 Å². The molecule has 82 valence electrons. The predicted octanol–water partition coefficient (Wildman–Crippen LogP) is 2.35. The van der Waals surface area contributed by atoms with Crippen molar-refractivity contribution in [1.29, 1.82) is 0 Å². The van der Waals surface area contributed by atoms with Gasteiger partial charge in [0.2, 0.25) is 0 Å². The van der Waals surface area contributed by atoms with E-state index in [9.17, 15) is 5.11 Å². The van der Waals surface area contributed by atoms with Crippen molar-refractivity contribution in [3.63, 3.8) is 0 Å². The number of aliphatic hydroxyl groups is 1. The van der Waals surface area contributed by atoms with Crippen molar-refractivity contribution in [3.8, 4) is 0 Å². The van der Waals surface area contributed by atoms with Crippen LogP contribution in [-0.2, 0) is 4.74 Å². The summed E-state index contributed by atoms with van der Waals surface area (Å²) in [5, 5.41) is 9.59. The summed E-state index contributed by atoms with van der Waals surface area (Å²) >= 11 is 0. The van der Waals surface area contributed by atoms with E-state index in [1.165, 1.54) is 44.9 Å². The molecule has 1 N–H and O–H groups in total. The van der Waals surface area contributed by atoms with Crippen LogP contribution in [0.5, 0.6) is 0 Å². The summed E-state index contributed by atoms with van der Waals surface area (Å²) in [5.41, 5.74) is 0. The second-order valence-corrected chi connectivity index (χ2v) is 4.95. The van der Waals surface area contributed by atoms with Crippen LogP contribution in [0.15, 0.2) is 0 Å². The van der Waals surface area contributed by atoms with Crippen LogP contribution in [0.25, 0.3) is 0 Å². The third-order valence-electron chi connectivity index (χ3n) is 3.53. The van der Waals surface area contributed by atoms with Gasteiger partial charge in [0.25, 0.3) is 0 Å². The molecule has 0 spiro atoms. The zero-order valence-corrected chi connectivity index (χ0v) is 8.95. The van der Waals surface area contributed by atoms with E-state index in [0.717, 1.165) is 12.5 Å². The Morgan fingerprint density at radius 3 is 2.43 bits per heavy atom. The van der Waals surface area contributed by atoms with Crippen LogP contribution in [-0.4, -0.2) is 24.4 Å². The van der Waals surface area contributed by atoms with E-state index in [0.29, 0.717) is 12.5 Å². The van der Waals surface area contributed by atoms with Crippen molar-refractivity contribution >= 4 is 0 Å². The van der Waals surface area contributed by atoms with Gasteiger partial charge in [-0.05, 0) is 37.5 Å². The third-order valence-corrected chi connectivity index (χ3v) is 3.53. The van der Waals surface area contributed by atoms with Gasteiger partial charge in [-0.2, -0.15) is 0 Å². The van der Waals surface area contributed by atoms with Crippen molar-refractivity contribution in [1.82, 2.24) is 0 Å². The Kier molecular flexibility index (Phi) is 3.82. The highest BCUT2D eigenvalue weighted by Crippen LogP contribution is 2.32. The van der Waals surface area contributed by atoms with Gasteiger partial charge in [0, 0.05) is 6.61 Å². The molecule has 0 radical (unpaired) electrons. The lowest BCUT2D eigenvalue weighted by Gasteiger charge is -2.22.